The van der Waals surface area contributed by atoms with Crippen LogP contribution in [0.1, 0.15) is 0 Å². The molecule has 1 aromatic carbocycles. The fourth-order valence-corrected chi connectivity index (χ4v) is 3.64. The minimum Gasteiger partial charge on any atom is -0.495 e. The van der Waals surface area contributed by atoms with Crippen LogP contribution >= 0.6 is 0 Å². The van der Waals surface area contributed by atoms with Crippen LogP contribution in [0.3, 0.4) is 0 Å². The quantitative estimate of drug-likeness (QED) is 0.723. The maximum Gasteiger partial charge on any atom is 0.237 e. The van der Waals surface area contributed by atoms with Crippen molar-refractivity contribution >= 4 is 21.4 Å². The summed E-state index contributed by atoms with van der Waals surface area (Å²) in [5.41, 5.74) is 0.987. The third-order valence-corrected chi connectivity index (χ3v) is 5.20. The normalized spacial score (nSPS) is 15.3. The minimum absolute atomic E-state index is 0.167. The molecule has 0 spiro atoms. The Morgan fingerprint density at radius 2 is 1.91 bits per heavy atom. The predicted octanol–water partition coefficient (Wildman–Crippen LogP) is 0.945. The summed E-state index contributed by atoms with van der Waals surface area (Å²) in [6.45, 7) is 5.70. The Morgan fingerprint density at radius 1 is 1.26 bits per heavy atom. The van der Waals surface area contributed by atoms with E-state index in [4.69, 9.17) is 4.74 Å². The number of nitrogens with zero attached hydrogens (tertiary/aromatic N) is 2. The van der Waals surface area contributed by atoms with Gasteiger partial charge in [-0.25, -0.2) is 8.42 Å². The first-order chi connectivity index (χ1) is 11.0. The van der Waals surface area contributed by atoms with Crippen LogP contribution in [0.4, 0.5) is 5.69 Å². The number of ether oxygens (including phenoxy) is 1. The molecule has 6 nitrogen and oxygen atoms in total. The Labute approximate surface area is 137 Å². The summed E-state index contributed by atoms with van der Waals surface area (Å²) in [7, 11) is -1.77. The second-order valence-electron chi connectivity index (χ2n) is 5.38. The summed E-state index contributed by atoms with van der Waals surface area (Å²) in [6, 6.07) is 7.73. The van der Waals surface area contributed by atoms with E-state index in [1.165, 1.54) is 6.08 Å². The number of rotatable bonds is 6. The first kappa shape index (κ1) is 17.3. The molecule has 1 amide bonds. The molecule has 0 atom stereocenters. The summed E-state index contributed by atoms with van der Waals surface area (Å²) in [4.78, 5) is 15.9. The van der Waals surface area contributed by atoms with Crippen LogP contribution in [0.15, 0.2) is 36.9 Å². The molecule has 1 aliphatic rings. The van der Waals surface area contributed by atoms with Crippen LogP contribution in [-0.2, 0) is 14.6 Å². The second kappa shape index (κ2) is 7.50. The highest BCUT2D eigenvalue weighted by atomic mass is 32.2. The molecule has 0 aliphatic carbocycles. The van der Waals surface area contributed by atoms with E-state index in [0.717, 1.165) is 11.4 Å². The lowest BCUT2D eigenvalue weighted by Crippen LogP contribution is -2.50. The van der Waals surface area contributed by atoms with Gasteiger partial charge in [0.1, 0.15) is 11.5 Å². The molecule has 1 fully saturated rings. The van der Waals surface area contributed by atoms with Gasteiger partial charge in [0, 0.05) is 26.2 Å². The average Bonchev–Trinajstić information content (AvgIpc) is 2.54. The van der Waals surface area contributed by atoms with Gasteiger partial charge in [0.15, 0.2) is 9.84 Å². The molecule has 1 aliphatic heterocycles. The van der Waals surface area contributed by atoms with Gasteiger partial charge in [-0.05, 0) is 12.1 Å². The van der Waals surface area contributed by atoms with Gasteiger partial charge in [-0.3, -0.25) is 4.79 Å². The lowest BCUT2D eigenvalue weighted by Gasteiger charge is -2.36. The maximum absolute atomic E-state index is 12.1. The number of benzene rings is 1. The van der Waals surface area contributed by atoms with Gasteiger partial charge in [-0.1, -0.05) is 18.2 Å². The summed E-state index contributed by atoms with van der Waals surface area (Å²) in [5, 5.41) is 0. The van der Waals surface area contributed by atoms with E-state index in [1.54, 1.807) is 12.0 Å². The number of hydrogen-bond acceptors (Lipinski definition) is 5. The zero-order chi connectivity index (χ0) is 16.9. The number of amides is 1. The van der Waals surface area contributed by atoms with Crippen molar-refractivity contribution < 1.29 is 17.9 Å². The van der Waals surface area contributed by atoms with Gasteiger partial charge in [-0.2, -0.15) is 0 Å². The summed E-state index contributed by atoms with van der Waals surface area (Å²) in [5.74, 6) is -0.166. The van der Waals surface area contributed by atoms with E-state index in [9.17, 15) is 13.2 Å². The number of methoxy groups -OCH3 is 1. The maximum atomic E-state index is 12.1. The standard InChI is InChI=1S/C16H22N2O4S/c1-3-12-23(20,21)13-16(19)18-10-8-17(9-11-18)14-6-4-5-7-15(14)22-2/h3-7H,1,8-13H2,2H3. The number of para-hydroxylation sites is 2. The molecular weight excluding hydrogens is 316 g/mol. The first-order valence-corrected chi connectivity index (χ1v) is 9.26. The molecule has 0 saturated carbocycles. The summed E-state index contributed by atoms with van der Waals surface area (Å²) < 4.78 is 28.8. The van der Waals surface area contributed by atoms with Gasteiger partial charge in [0.25, 0.3) is 0 Å². The van der Waals surface area contributed by atoms with Crippen LogP contribution in [0.2, 0.25) is 0 Å². The van der Waals surface area contributed by atoms with Gasteiger partial charge >= 0.3 is 0 Å². The zero-order valence-corrected chi connectivity index (χ0v) is 14.1. The molecule has 2 rings (SSSR count). The molecule has 23 heavy (non-hydrogen) atoms. The van der Waals surface area contributed by atoms with E-state index in [0.29, 0.717) is 26.2 Å². The molecule has 126 valence electrons. The largest absolute Gasteiger partial charge is 0.495 e. The van der Waals surface area contributed by atoms with Gasteiger partial charge < -0.3 is 14.5 Å². The molecule has 0 radical (unpaired) electrons. The van der Waals surface area contributed by atoms with Crippen LogP contribution in [0.5, 0.6) is 5.75 Å². The SMILES string of the molecule is C=CCS(=O)(=O)CC(=O)N1CCN(c2ccccc2OC)CC1. The molecular formula is C16H22N2O4S. The lowest BCUT2D eigenvalue weighted by molar-refractivity contribution is -0.128. The van der Waals surface area contributed by atoms with Gasteiger partial charge in [0.05, 0.1) is 18.6 Å². The van der Waals surface area contributed by atoms with Gasteiger partial charge in [-0.15, -0.1) is 6.58 Å². The third kappa shape index (κ3) is 4.48. The highest BCUT2D eigenvalue weighted by Crippen LogP contribution is 2.28. The van der Waals surface area contributed by atoms with Crippen molar-refractivity contribution in [2.24, 2.45) is 0 Å². The molecule has 1 heterocycles. The molecule has 1 aromatic rings. The van der Waals surface area contributed by atoms with E-state index in [1.807, 2.05) is 24.3 Å². The number of carbonyl (C=O) groups is 1. The first-order valence-electron chi connectivity index (χ1n) is 7.44. The van der Waals surface area contributed by atoms with Crippen LogP contribution in [-0.4, -0.2) is 64.0 Å². The zero-order valence-electron chi connectivity index (χ0n) is 13.3. The van der Waals surface area contributed by atoms with Crippen LogP contribution in [0, 0.1) is 0 Å². The fraction of sp³-hybridized carbons (Fsp3) is 0.438. The molecule has 1 saturated heterocycles. The van der Waals surface area contributed by atoms with Crippen molar-refractivity contribution in [3.8, 4) is 5.75 Å². The minimum atomic E-state index is -3.40. The van der Waals surface area contributed by atoms with E-state index in [2.05, 4.69) is 11.5 Å². The topological polar surface area (TPSA) is 66.9 Å². The Balaban J connectivity index is 1.96. The number of carbonyl (C=O) groups excluding carboxylic acids is 1. The molecule has 0 aromatic heterocycles. The number of piperazine rings is 1. The predicted molar refractivity (Wildman–Crippen MR) is 90.6 cm³/mol. The van der Waals surface area contributed by atoms with Crippen molar-refractivity contribution in [2.45, 2.75) is 0 Å². The molecule has 7 heteroatoms. The highest BCUT2D eigenvalue weighted by molar-refractivity contribution is 7.92. The van der Waals surface area contributed by atoms with Crippen molar-refractivity contribution in [3.63, 3.8) is 0 Å². The Morgan fingerprint density at radius 3 is 2.52 bits per heavy atom. The highest BCUT2D eigenvalue weighted by Gasteiger charge is 2.25. The van der Waals surface area contributed by atoms with Crippen molar-refractivity contribution in [1.29, 1.82) is 0 Å². The second-order valence-corrected chi connectivity index (χ2v) is 7.49. The summed E-state index contributed by atoms with van der Waals surface area (Å²) >= 11 is 0. The Kier molecular flexibility index (Phi) is 5.65. The average molecular weight is 338 g/mol. The Hall–Kier alpha value is -2.02. The lowest BCUT2D eigenvalue weighted by atomic mass is 10.2. The third-order valence-electron chi connectivity index (χ3n) is 3.77. The van der Waals surface area contributed by atoms with Crippen LogP contribution in [0.25, 0.3) is 0 Å². The number of hydrogen-bond donors (Lipinski definition) is 0. The number of anilines is 1. The van der Waals surface area contributed by atoms with Gasteiger partial charge in [0.2, 0.25) is 5.91 Å². The van der Waals surface area contributed by atoms with Crippen molar-refractivity contribution in [2.75, 3.05) is 49.7 Å². The van der Waals surface area contributed by atoms with E-state index < -0.39 is 15.6 Å². The van der Waals surface area contributed by atoms with Crippen molar-refractivity contribution in [1.82, 2.24) is 4.90 Å². The number of sulfone groups is 1. The van der Waals surface area contributed by atoms with Crippen molar-refractivity contribution in [3.05, 3.63) is 36.9 Å². The molecule has 0 N–H and O–H groups in total. The fourth-order valence-electron chi connectivity index (χ4n) is 2.61. The smallest absolute Gasteiger partial charge is 0.237 e. The molecule has 0 unspecified atom stereocenters. The van der Waals surface area contributed by atoms with E-state index >= 15 is 0 Å². The monoisotopic (exact) mass is 338 g/mol. The molecule has 0 bridgehead atoms. The summed E-state index contributed by atoms with van der Waals surface area (Å²) in [6.07, 6.45) is 1.31. The Bertz CT molecular complexity index is 664. The van der Waals surface area contributed by atoms with Crippen LogP contribution < -0.4 is 9.64 Å². The van der Waals surface area contributed by atoms with E-state index in [-0.39, 0.29) is 11.7 Å².